The number of carbonyl (C=O) groups is 2. The lowest BCUT2D eigenvalue weighted by atomic mass is 9.99. The molecular formula is C21H30N4O3. The smallest absolute Gasteiger partial charge is 0.310 e. The Morgan fingerprint density at radius 1 is 1.29 bits per heavy atom. The van der Waals surface area contributed by atoms with Gasteiger partial charge < -0.3 is 19.9 Å². The molecule has 0 aliphatic carbocycles. The predicted octanol–water partition coefficient (Wildman–Crippen LogP) is 1.63. The van der Waals surface area contributed by atoms with Crippen molar-refractivity contribution in [2.24, 2.45) is 16.8 Å². The SMILES string of the molecule is CN=C(NCc1ccccc1CN1CCCC1=O)N1CC(C)C(C(=O)OC)C1. The molecule has 7 heteroatoms. The number of aliphatic imine (C=N–C) groups is 1. The van der Waals surface area contributed by atoms with E-state index in [2.05, 4.69) is 34.3 Å². The Kier molecular flexibility index (Phi) is 6.54. The van der Waals surface area contributed by atoms with Crippen molar-refractivity contribution in [1.82, 2.24) is 15.1 Å². The molecule has 2 aliphatic rings. The molecule has 2 unspecified atom stereocenters. The van der Waals surface area contributed by atoms with Crippen LogP contribution >= 0.6 is 0 Å². The molecule has 1 amide bonds. The van der Waals surface area contributed by atoms with Gasteiger partial charge >= 0.3 is 5.97 Å². The molecule has 1 N–H and O–H groups in total. The van der Waals surface area contributed by atoms with Crippen LogP contribution in [-0.2, 0) is 27.4 Å². The van der Waals surface area contributed by atoms with Gasteiger partial charge in [0.1, 0.15) is 0 Å². The van der Waals surface area contributed by atoms with Crippen LogP contribution < -0.4 is 5.32 Å². The largest absolute Gasteiger partial charge is 0.469 e. The van der Waals surface area contributed by atoms with Crippen LogP contribution in [0.25, 0.3) is 0 Å². The number of hydrogen-bond acceptors (Lipinski definition) is 4. The minimum Gasteiger partial charge on any atom is -0.469 e. The number of benzene rings is 1. The maximum absolute atomic E-state index is 12.0. The second-order valence-electron chi connectivity index (χ2n) is 7.60. The number of hydrogen-bond donors (Lipinski definition) is 1. The summed E-state index contributed by atoms with van der Waals surface area (Å²) < 4.78 is 4.93. The molecule has 0 bridgehead atoms. The van der Waals surface area contributed by atoms with Gasteiger partial charge in [0, 0.05) is 46.2 Å². The lowest BCUT2D eigenvalue weighted by Crippen LogP contribution is -2.40. The zero-order chi connectivity index (χ0) is 20.1. The lowest BCUT2D eigenvalue weighted by molar-refractivity contribution is -0.146. The predicted molar refractivity (Wildman–Crippen MR) is 108 cm³/mol. The Balaban J connectivity index is 1.63. The van der Waals surface area contributed by atoms with Gasteiger partial charge in [-0.2, -0.15) is 0 Å². The van der Waals surface area contributed by atoms with Crippen LogP contribution in [-0.4, -0.2) is 61.4 Å². The summed E-state index contributed by atoms with van der Waals surface area (Å²) in [6.07, 6.45) is 1.60. The van der Waals surface area contributed by atoms with Gasteiger partial charge in [0.25, 0.3) is 0 Å². The Hall–Kier alpha value is -2.57. The van der Waals surface area contributed by atoms with Crippen molar-refractivity contribution in [3.63, 3.8) is 0 Å². The van der Waals surface area contributed by atoms with Crippen LogP contribution in [0.5, 0.6) is 0 Å². The minimum atomic E-state index is -0.161. The first-order chi connectivity index (χ1) is 13.5. The second-order valence-corrected chi connectivity index (χ2v) is 7.60. The molecule has 0 aromatic heterocycles. The summed E-state index contributed by atoms with van der Waals surface area (Å²) in [6.45, 7) is 5.56. The Morgan fingerprint density at radius 3 is 2.68 bits per heavy atom. The van der Waals surface area contributed by atoms with Crippen LogP contribution in [0.15, 0.2) is 29.3 Å². The van der Waals surface area contributed by atoms with Crippen molar-refractivity contribution in [2.75, 3.05) is 33.8 Å². The summed E-state index contributed by atoms with van der Waals surface area (Å²) in [6, 6.07) is 8.19. The Morgan fingerprint density at radius 2 is 2.04 bits per heavy atom. The molecule has 1 aromatic rings. The molecule has 7 nitrogen and oxygen atoms in total. The van der Waals surface area contributed by atoms with Crippen molar-refractivity contribution in [2.45, 2.75) is 32.9 Å². The van der Waals surface area contributed by atoms with Gasteiger partial charge in [0.05, 0.1) is 13.0 Å². The highest BCUT2D eigenvalue weighted by Gasteiger charge is 2.36. The monoisotopic (exact) mass is 386 g/mol. The number of methoxy groups -OCH3 is 1. The van der Waals surface area contributed by atoms with Crippen molar-refractivity contribution in [1.29, 1.82) is 0 Å². The van der Waals surface area contributed by atoms with E-state index >= 15 is 0 Å². The highest BCUT2D eigenvalue weighted by molar-refractivity contribution is 5.82. The molecule has 2 saturated heterocycles. The number of nitrogens with zero attached hydrogens (tertiary/aromatic N) is 3. The van der Waals surface area contributed by atoms with Crippen LogP contribution in [0.3, 0.4) is 0 Å². The van der Waals surface area contributed by atoms with E-state index in [9.17, 15) is 9.59 Å². The second kappa shape index (κ2) is 9.08. The van der Waals surface area contributed by atoms with Gasteiger partial charge in [-0.3, -0.25) is 14.6 Å². The number of esters is 1. The maximum atomic E-state index is 12.0. The first-order valence-electron chi connectivity index (χ1n) is 9.91. The van der Waals surface area contributed by atoms with Gasteiger partial charge in [0.2, 0.25) is 5.91 Å². The molecule has 2 fully saturated rings. The zero-order valence-corrected chi connectivity index (χ0v) is 17.0. The fourth-order valence-electron chi connectivity index (χ4n) is 4.07. The molecule has 152 valence electrons. The minimum absolute atomic E-state index is 0.128. The van der Waals surface area contributed by atoms with E-state index in [1.165, 1.54) is 7.11 Å². The standard InChI is InChI=1S/C21H30N4O3/c1-15-12-25(14-18(15)20(27)28-3)21(22-2)23-11-16-7-4-5-8-17(16)13-24-10-6-9-19(24)26/h4-5,7-8,15,18H,6,9-14H2,1-3H3,(H,22,23). The Bertz CT molecular complexity index is 749. The average Bonchev–Trinajstić information content (AvgIpc) is 3.28. The van der Waals surface area contributed by atoms with E-state index in [4.69, 9.17) is 4.74 Å². The summed E-state index contributed by atoms with van der Waals surface area (Å²) in [5.41, 5.74) is 2.31. The average molecular weight is 386 g/mol. The molecule has 2 heterocycles. The van der Waals surface area contributed by atoms with Crippen LogP contribution in [0.1, 0.15) is 30.9 Å². The van der Waals surface area contributed by atoms with Crippen molar-refractivity contribution in [3.05, 3.63) is 35.4 Å². The number of likely N-dealkylation sites (tertiary alicyclic amines) is 2. The third kappa shape index (κ3) is 4.46. The third-order valence-electron chi connectivity index (χ3n) is 5.72. The number of ether oxygens (including phenoxy) is 1. The molecule has 2 aliphatic heterocycles. The van der Waals surface area contributed by atoms with E-state index in [0.29, 0.717) is 26.1 Å². The van der Waals surface area contributed by atoms with Crippen molar-refractivity contribution >= 4 is 17.8 Å². The number of rotatable bonds is 5. The zero-order valence-electron chi connectivity index (χ0n) is 17.0. The van der Waals surface area contributed by atoms with E-state index in [-0.39, 0.29) is 23.7 Å². The number of amides is 1. The molecular weight excluding hydrogens is 356 g/mol. The number of nitrogens with one attached hydrogen (secondary N) is 1. The highest BCUT2D eigenvalue weighted by Crippen LogP contribution is 2.24. The van der Waals surface area contributed by atoms with Crippen LogP contribution in [0.4, 0.5) is 0 Å². The topological polar surface area (TPSA) is 74.2 Å². The Labute approximate surface area is 166 Å². The third-order valence-corrected chi connectivity index (χ3v) is 5.72. The molecule has 2 atom stereocenters. The van der Waals surface area contributed by atoms with Crippen LogP contribution in [0, 0.1) is 11.8 Å². The van der Waals surface area contributed by atoms with E-state index in [0.717, 1.165) is 36.6 Å². The molecule has 3 rings (SSSR count). The fraction of sp³-hybridized carbons (Fsp3) is 0.571. The molecule has 0 spiro atoms. The van der Waals surface area contributed by atoms with Gasteiger partial charge in [-0.15, -0.1) is 0 Å². The first-order valence-corrected chi connectivity index (χ1v) is 9.91. The quantitative estimate of drug-likeness (QED) is 0.473. The van der Waals surface area contributed by atoms with Gasteiger partial charge in [-0.25, -0.2) is 0 Å². The van der Waals surface area contributed by atoms with E-state index in [1.54, 1.807) is 7.05 Å². The molecule has 1 aromatic carbocycles. The summed E-state index contributed by atoms with van der Waals surface area (Å²) >= 11 is 0. The fourth-order valence-corrected chi connectivity index (χ4v) is 4.07. The van der Waals surface area contributed by atoms with Crippen molar-refractivity contribution < 1.29 is 14.3 Å². The maximum Gasteiger partial charge on any atom is 0.310 e. The van der Waals surface area contributed by atoms with E-state index < -0.39 is 0 Å². The number of guanidine groups is 1. The lowest BCUT2D eigenvalue weighted by Gasteiger charge is -2.23. The highest BCUT2D eigenvalue weighted by atomic mass is 16.5. The molecule has 0 radical (unpaired) electrons. The van der Waals surface area contributed by atoms with Crippen LogP contribution in [0.2, 0.25) is 0 Å². The first kappa shape index (κ1) is 20.2. The summed E-state index contributed by atoms with van der Waals surface area (Å²) in [4.78, 5) is 32.4. The van der Waals surface area contributed by atoms with E-state index in [1.807, 2.05) is 17.0 Å². The van der Waals surface area contributed by atoms with Crippen molar-refractivity contribution in [3.8, 4) is 0 Å². The molecule has 28 heavy (non-hydrogen) atoms. The van der Waals surface area contributed by atoms with Gasteiger partial charge in [-0.05, 0) is 23.5 Å². The molecule has 0 saturated carbocycles. The van der Waals surface area contributed by atoms with Gasteiger partial charge in [-0.1, -0.05) is 31.2 Å². The summed E-state index contributed by atoms with van der Waals surface area (Å²) in [7, 11) is 3.19. The summed E-state index contributed by atoms with van der Waals surface area (Å²) in [5.74, 6) is 0.950. The number of carbonyl (C=O) groups excluding carboxylic acids is 2. The normalized spacial score (nSPS) is 22.7. The summed E-state index contributed by atoms with van der Waals surface area (Å²) in [5, 5.41) is 3.42. The van der Waals surface area contributed by atoms with Gasteiger partial charge in [0.15, 0.2) is 5.96 Å².